The van der Waals surface area contributed by atoms with E-state index in [0.717, 1.165) is 58.8 Å². The molecule has 126 valence electrons. The summed E-state index contributed by atoms with van der Waals surface area (Å²) in [4.78, 5) is -0.532. The maximum absolute atomic E-state index is 6.79. The Balaban J connectivity index is 2.53. The van der Waals surface area contributed by atoms with Gasteiger partial charge in [0, 0.05) is 58.9 Å². The van der Waals surface area contributed by atoms with Crippen LogP contribution in [0.25, 0.3) is 0 Å². The molecule has 0 spiro atoms. The van der Waals surface area contributed by atoms with E-state index < -0.39 is 5.00 Å². The lowest BCUT2D eigenvalue weighted by Gasteiger charge is -2.36. The van der Waals surface area contributed by atoms with E-state index >= 15 is 0 Å². The Morgan fingerprint density at radius 1 is 0.905 bits per heavy atom. The van der Waals surface area contributed by atoms with Gasteiger partial charge in [0.1, 0.15) is 5.00 Å². The quantitative estimate of drug-likeness (QED) is 0.340. The second-order valence-corrected chi connectivity index (χ2v) is 7.14. The summed E-state index contributed by atoms with van der Waals surface area (Å²) in [6.45, 7) is 12.4. The standard InChI is InChI=1S/C14H31Cl2N5/c1-13(2)11-14(15)12-20-8-7-18-4-3-17-5-6-19-9-10-21(14)16/h13,17-20H,3-12H2,1-2H3. The van der Waals surface area contributed by atoms with Gasteiger partial charge in [-0.15, -0.1) is 0 Å². The average Bonchev–Trinajstić information content (AvgIpc) is 2.42. The van der Waals surface area contributed by atoms with E-state index in [-0.39, 0.29) is 0 Å². The van der Waals surface area contributed by atoms with Gasteiger partial charge in [0.15, 0.2) is 0 Å². The molecule has 1 heterocycles. The summed E-state index contributed by atoms with van der Waals surface area (Å²) < 4.78 is 1.76. The molecule has 21 heavy (non-hydrogen) atoms. The Hall–Kier alpha value is 0.380. The van der Waals surface area contributed by atoms with Crippen molar-refractivity contribution >= 4 is 23.4 Å². The summed E-state index contributed by atoms with van der Waals surface area (Å²) >= 11 is 13.3. The van der Waals surface area contributed by atoms with E-state index in [0.29, 0.717) is 12.5 Å². The Morgan fingerprint density at radius 3 is 1.90 bits per heavy atom. The highest BCUT2D eigenvalue weighted by atomic mass is 35.5. The van der Waals surface area contributed by atoms with Crippen LogP contribution in [0.15, 0.2) is 0 Å². The van der Waals surface area contributed by atoms with Crippen LogP contribution in [0.1, 0.15) is 20.3 Å². The van der Waals surface area contributed by atoms with Crippen LogP contribution in [0.4, 0.5) is 0 Å². The second kappa shape index (κ2) is 11.0. The molecule has 1 fully saturated rings. The van der Waals surface area contributed by atoms with Gasteiger partial charge in [0.05, 0.1) is 0 Å². The number of hydrogen-bond acceptors (Lipinski definition) is 5. The number of rotatable bonds is 2. The lowest BCUT2D eigenvalue weighted by atomic mass is 10.0. The normalized spacial score (nSPS) is 29.0. The average molecular weight is 340 g/mol. The van der Waals surface area contributed by atoms with Crippen LogP contribution in [0, 0.1) is 5.92 Å². The molecule has 1 saturated heterocycles. The summed E-state index contributed by atoms with van der Waals surface area (Å²) in [6, 6.07) is 0. The smallest absolute Gasteiger partial charge is 0.122 e. The molecule has 5 nitrogen and oxygen atoms in total. The Bertz CT molecular complexity index is 268. The van der Waals surface area contributed by atoms with Gasteiger partial charge in [-0.2, -0.15) is 4.42 Å². The molecule has 0 radical (unpaired) electrons. The fourth-order valence-corrected chi connectivity index (χ4v) is 3.15. The van der Waals surface area contributed by atoms with Gasteiger partial charge in [0.25, 0.3) is 0 Å². The van der Waals surface area contributed by atoms with Crippen molar-refractivity contribution in [2.45, 2.75) is 25.3 Å². The Labute approximate surface area is 139 Å². The number of nitrogens with one attached hydrogen (secondary N) is 4. The fourth-order valence-electron chi connectivity index (χ4n) is 2.45. The van der Waals surface area contributed by atoms with Crippen LogP contribution in [0.3, 0.4) is 0 Å². The van der Waals surface area contributed by atoms with E-state index in [4.69, 9.17) is 23.4 Å². The topological polar surface area (TPSA) is 51.4 Å². The van der Waals surface area contributed by atoms with Crippen molar-refractivity contribution in [1.82, 2.24) is 25.7 Å². The van der Waals surface area contributed by atoms with E-state index in [1.165, 1.54) is 0 Å². The number of hydrogen-bond donors (Lipinski definition) is 4. The first-order valence-corrected chi connectivity index (χ1v) is 8.71. The van der Waals surface area contributed by atoms with E-state index in [1.54, 1.807) is 4.42 Å². The molecule has 1 aliphatic rings. The Kier molecular flexibility index (Phi) is 10.2. The predicted molar refractivity (Wildman–Crippen MR) is 92.1 cm³/mol. The zero-order valence-corrected chi connectivity index (χ0v) is 14.9. The van der Waals surface area contributed by atoms with Crippen LogP contribution in [0.5, 0.6) is 0 Å². The fraction of sp³-hybridized carbons (Fsp3) is 1.00. The minimum Gasteiger partial charge on any atom is -0.314 e. The van der Waals surface area contributed by atoms with Gasteiger partial charge < -0.3 is 21.3 Å². The van der Waals surface area contributed by atoms with Crippen LogP contribution in [0.2, 0.25) is 0 Å². The maximum Gasteiger partial charge on any atom is 0.122 e. The molecule has 1 unspecified atom stereocenters. The summed E-state index contributed by atoms with van der Waals surface area (Å²) in [5.74, 6) is 0.503. The number of alkyl halides is 1. The molecule has 1 atom stereocenters. The third kappa shape index (κ3) is 8.55. The molecule has 4 N–H and O–H groups in total. The van der Waals surface area contributed by atoms with Gasteiger partial charge in [-0.25, -0.2) is 0 Å². The molecule has 0 amide bonds. The molecular formula is C14H31Cl2N5. The molecule has 0 saturated carbocycles. The van der Waals surface area contributed by atoms with Crippen LogP contribution >= 0.6 is 23.4 Å². The minimum atomic E-state index is -0.532. The molecular weight excluding hydrogens is 309 g/mol. The van der Waals surface area contributed by atoms with E-state index in [9.17, 15) is 0 Å². The van der Waals surface area contributed by atoms with E-state index in [1.807, 2.05) is 0 Å². The SMILES string of the molecule is CC(C)CC1(Cl)CNCCNCCNCCNCCN1Cl. The van der Waals surface area contributed by atoms with Crippen LogP contribution in [-0.2, 0) is 0 Å². The van der Waals surface area contributed by atoms with Crippen molar-refractivity contribution in [3.8, 4) is 0 Å². The molecule has 7 heteroatoms. The minimum absolute atomic E-state index is 0.503. The Morgan fingerprint density at radius 2 is 1.38 bits per heavy atom. The third-order valence-corrected chi connectivity index (χ3v) is 4.54. The van der Waals surface area contributed by atoms with Crippen molar-refractivity contribution in [2.24, 2.45) is 5.92 Å². The lowest BCUT2D eigenvalue weighted by Crippen LogP contribution is -2.50. The maximum atomic E-state index is 6.79. The number of halogens is 2. The van der Waals surface area contributed by atoms with Gasteiger partial charge in [0.2, 0.25) is 0 Å². The summed E-state index contributed by atoms with van der Waals surface area (Å²) in [7, 11) is 0. The molecule has 0 aromatic rings. The molecule has 1 rings (SSSR count). The van der Waals surface area contributed by atoms with Crippen molar-refractivity contribution in [2.75, 3.05) is 58.9 Å². The van der Waals surface area contributed by atoms with Gasteiger partial charge in [-0.1, -0.05) is 25.4 Å². The van der Waals surface area contributed by atoms with Crippen LogP contribution in [-0.4, -0.2) is 68.3 Å². The predicted octanol–water partition coefficient (Wildman–Crippen LogP) is 0.795. The first-order chi connectivity index (χ1) is 10.0. The van der Waals surface area contributed by atoms with Crippen LogP contribution < -0.4 is 21.3 Å². The van der Waals surface area contributed by atoms with E-state index in [2.05, 4.69) is 35.1 Å². The van der Waals surface area contributed by atoms with Crippen molar-refractivity contribution < 1.29 is 0 Å². The largest absolute Gasteiger partial charge is 0.314 e. The zero-order chi connectivity index (χ0) is 15.6. The van der Waals surface area contributed by atoms with Gasteiger partial charge in [-0.3, -0.25) is 0 Å². The summed E-state index contributed by atoms with van der Waals surface area (Å²) in [5.41, 5.74) is 0. The van der Waals surface area contributed by atoms with Crippen molar-refractivity contribution in [3.63, 3.8) is 0 Å². The molecule has 1 aliphatic heterocycles. The highest BCUT2D eigenvalue weighted by Gasteiger charge is 2.34. The van der Waals surface area contributed by atoms with Gasteiger partial charge >= 0.3 is 0 Å². The highest BCUT2D eigenvalue weighted by Crippen LogP contribution is 2.29. The second-order valence-electron chi connectivity index (χ2n) is 6.03. The lowest BCUT2D eigenvalue weighted by molar-refractivity contribution is 0.240. The monoisotopic (exact) mass is 339 g/mol. The first-order valence-electron chi connectivity index (χ1n) is 8.00. The molecule has 0 aromatic heterocycles. The third-order valence-electron chi connectivity index (χ3n) is 3.47. The number of nitrogens with zero attached hydrogens (tertiary/aromatic N) is 1. The van der Waals surface area contributed by atoms with Crippen molar-refractivity contribution in [1.29, 1.82) is 0 Å². The molecule has 0 aromatic carbocycles. The molecule has 0 aliphatic carbocycles. The summed E-state index contributed by atoms with van der Waals surface area (Å²) in [6.07, 6.45) is 0.861. The first kappa shape index (κ1) is 19.4. The molecule has 0 bridgehead atoms. The van der Waals surface area contributed by atoms with Crippen molar-refractivity contribution in [3.05, 3.63) is 0 Å². The zero-order valence-electron chi connectivity index (χ0n) is 13.4. The highest BCUT2D eigenvalue weighted by molar-refractivity contribution is 6.28. The van der Waals surface area contributed by atoms with Gasteiger partial charge in [-0.05, 0) is 24.1 Å². The summed E-state index contributed by atoms with van der Waals surface area (Å²) in [5, 5.41) is 13.6.